The standard InChI is InChI=1S/C21H24N6O2/c1-4-5-11-27-17-18(23-20(27)26-12-9-22-10-13-26)24-21(25(3)19(17)28)29-16-8-6-7-15(2)14-16/h6-8,14,22H,9-13H2,1-3H3. The monoisotopic (exact) mass is 392 g/mol. The Morgan fingerprint density at radius 1 is 1.24 bits per heavy atom. The van der Waals surface area contributed by atoms with Crippen molar-refractivity contribution in [2.75, 3.05) is 31.1 Å². The van der Waals surface area contributed by atoms with Gasteiger partial charge in [-0.2, -0.15) is 9.97 Å². The molecule has 0 atom stereocenters. The smallest absolute Gasteiger partial charge is 0.306 e. The highest BCUT2D eigenvalue weighted by molar-refractivity contribution is 5.75. The van der Waals surface area contributed by atoms with Crippen LogP contribution < -0.4 is 20.5 Å². The van der Waals surface area contributed by atoms with Gasteiger partial charge < -0.3 is 15.0 Å². The number of piperazine rings is 1. The normalized spacial score (nSPS) is 14.0. The first kappa shape index (κ1) is 19.0. The molecule has 8 heteroatoms. The van der Waals surface area contributed by atoms with E-state index in [0.717, 1.165) is 37.7 Å². The predicted molar refractivity (Wildman–Crippen MR) is 113 cm³/mol. The number of fused-ring (bicyclic) bond motifs is 1. The molecule has 1 N–H and O–H groups in total. The number of aromatic nitrogens is 4. The Bertz CT molecular complexity index is 1160. The van der Waals surface area contributed by atoms with Gasteiger partial charge in [0.25, 0.3) is 5.56 Å². The summed E-state index contributed by atoms with van der Waals surface area (Å²) in [6, 6.07) is 7.84. The van der Waals surface area contributed by atoms with E-state index < -0.39 is 0 Å². The van der Waals surface area contributed by atoms with Crippen LogP contribution in [0.2, 0.25) is 0 Å². The number of anilines is 1. The number of nitrogens with one attached hydrogen (secondary N) is 1. The topological polar surface area (TPSA) is 77.2 Å². The second kappa shape index (κ2) is 7.97. The largest absolute Gasteiger partial charge is 0.425 e. The minimum absolute atomic E-state index is 0.204. The molecule has 0 bridgehead atoms. The van der Waals surface area contributed by atoms with Crippen LogP contribution in [-0.2, 0) is 13.6 Å². The van der Waals surface area contributed by atoms with Crippen molar-refractivity contribution in [2.45, 2.75) is 20.4 Å². The second-order valence-corrected chi connectivity index (χ2v) is 7.01. The molecule has 2 aromatic heterocycles. The minimum Gasteiger partial charge on any atom is -0.425 e. The van der Waals surface area contributed by atoms with Crippen molar-refractivity contribution in [1.82, 2.24) is 24.4 Å². The van der Waals surface area contributed by atoms with Crippen molar-refractivity contribution in [2.24, 2.45) is 7.05 Å². The zero-order valence-corrected chi connectivity index (χ0v) is 16.9. The first-order valence-electron chi connectivity index (χ1n) is 9.65. The van der Waals surface area contributed by atoms with Gasteiger partial charge in [-0.05, 0) is 31.5 Å². The first-order valence-corrected chi connectivity index (χ1v) is 9.65. The highest BCUT2D eigenvalue weighted by Crippen LogP contribution is 2.24. The summed E-state index contributed by atoms with van der Waals surface area (Å²) in [4.78, 5) is 24.6. The SMILES string of the molecule is CC#CCn1c(N2CCNCC2)nc2nc(Oc3cccc(C)c3)n(C)c(=O)c21. The van der Waals surface area contributed by atoms with Crippen LogP contribution in [0.5, 0.6) is 11.8 Å². The van der Waals surface area contributed by atoms with Crippen LogP contribution in [0.3, 0.4) is 0 Å². The molecule has 0 unspecified atom stereocenters. The number of rotatable bonds is 4. The van der Waals surface area contributed by atoms with Gasteiger partial charge in [-0.3, -0.25) is 13.9 Å². The van der Waals surface area contributed by atoms with Crippen molar-refractivity contribution in [3.05, 3.63) is 40.2 Å². The number of nitrogens with zero attached hydrogens (tertiary/aromatic N) is 5. The Labute approximate surface area is 169 Å². The lowest BCUT2D eigenvalue weighted by Gasteiger charge is -2.28. The van der Waals surface area contributed by atoms with Gasteiger partial charge in [0, 0.05) is 33.2 Å². The third-order valence-corrected chi connectivity index (χ3v) is 4.94. The van der Waals surface area contributed by atoms with Crippen LogP contribution >= 0.6 is 0 Å². The van der Waals surface area contributed by atoms with Gasteiger partial charge in [0.1, 0.15) is 5.75 Å². The number of hydrogen-bond donors (Lipinski definition) is 1. The fourth-order valence-corrected chi connectivity index (χ4v) is 3.42. The van der Waals surface area contributed by atoms with Crippen LogP contribution in [0.15, 0.2) is 29.1 Å². The van der Waals surface area contributed by atoms with Crippen molar-refractivity contribution in [1.29, 1.82) is 0 Å². The lowest BCUT2D eigenvalue weighted by Crippen LogP contribution is -2.44. The minimum atomic E-state index is -0.204. The van der Waals surface area contributed by atoms with Gasteiger partial charge in [0.15, 0.2) is 11.2 Å². The summed E-state index contributed by atoms with van der Waals surface area (Å²) in [5, 5.41) is 3.33. The molecule has 0 spiro atoms. The maximum atomic E-state index is 13.2. The van der Waals surface area contributed by atoms with Crippen LogP contribution in [0.25, 0.3) is 11.2 Å². The predicted octanol–water partition coefficient (Wildman–Crippen LogP) is 1.66. The van der Waals surface area contributed by atoms with E-state index in [1.807, 2.05) is 35.8 Å². The molecule has 0 amide bonds. The van der Waals surface area contributed by atoms with Gasteiger partial charge in [-0.15, -0.1) is 5.92 Å². The van der Waals surface area contributed by atoms with E-state index in [9.17, 15) is 4.79 Å². The highest BCUT2D eigenvalue weighted by Gasteiger charge is 2.23. The Balaban J connectivity index is 1.84. The second-order valence-electron chi connectivity index (χ2n) is 7.01. The van der Waals surface area contributed by atoms with Crippen molar-refractivity contribution in [3.63, 3.8) is 0 Å². The molecule has 29 heavy (non-hydrogen) atoms. The molecule has 1 aromatic carbocycles. The quantitative estimate of drug-likeness (QED) is 0.681. The number of aryl methyl sites for hydroxylation is 1. The summed E-state index contributed by atoms with van der Waals surface area (Å²) in [5.74, 6) is 7.31. The third-order valence-electron chi connectivity index (χ3n) is 4.94. The lowest BCUT2D eigenvalue weighted by atomic mass is 10.2. The molecule has 0 saturated carbocycles. The Hall–Kier alpha value is -3.31. The molecule has 4 rings (SSSR count). The highest BCUT2D eigenvalue weighted by atomic mass is 16.5. The molecular weight excluding hydrogens is 368 g/mol. The zero-order chi connectivity index (χ0) is 20.4. The van der Waals surface area contributed by atoms with Gasteiger partial charge in [0.2, 0.25) is 5.95 Å². The van der Waals surface area contributed by atoms with Gasteiger partial charge >= 0.3 is 6.01 Å². The first-order chi connectivity index (χ1) is 14.1. The summed E-state index contributed by atoms with van der Waals surface area (Å²) >= 11 is 0. The van der Waals surface area contributed by atoms with E-state index >= 15 is 0 Å². The average molecular weight is 392 g/mol. The number of hydrogen-bond acceptors (Lipinski definition) is 6. The summed E-state index contributed by atoms with van der Waals surface area (Å²) < 4.78 is 9.19. The molecule has 3 aromatic rings. The maximum absolute atomic E-state index is 13.2. The summed E-state index contributed by atoms with van der Waals surface area (Å²) in [6.07, 6.45) is 0. The Morgan fingerprint density at radius 3 is 2.76 bits per heavy atom. The number of ether oxygens (including phenoxy) is 1. The van der Waals surface area contributed by atoms with E-state index in [4.69, 9.17) is 9.72 Å². The molecule has 1 fully saturated rings. The van der Waals surface area contributed by atoms with Gasteiger partial charge in [-0.25, -0.2) is 0 Å². The Kier molecular flexibility index (Phi) is 5.23. The van der Waals surface area contributed by atoms with Crippen LogP contribution in [0.4, 0.5) is 5.95 Å². The summed E-state index contributed by atoms with van der Waals surface area (Å²) in [5.41, 5.74) is 1.68. The molecule has 150 valence electrons. The Morgan fingerprint density at radius 2 is 2.03 bits per heavy atom. The third kappa shape index (κ3) is 3.69. The van der Waals surface area contributed by atoms with E-state index in [-0.39, 0.29) is 11.6 Å². The number of benzene rings is 1. The summed E-state index contributed by atoms with van der Waals surface area (Å²) in [6.45, 7) is 7.53. The van der Waals surface area contributed by atoms with E-state index in [1.54, 1.807) is 14.0 Å². The van der Waals surface area contributed by atoms with Crippen LogP contribution in [-0.4, -0.2) is 45.3 Å². The molecule has 0 aliphatic carbocycles. The fourth-order valence-electron chi connectivity index (χ4n) is 3.42. The van der Waals surface area contributed by atoms with E-state index in [0.29, 0.717) is 23.5 Å². The van der Waals surface area contributed by atoms with E-state index in [2.05, 4.69) is 27.0 Å². The van der Waals surface area contributed by atoms with Crippen LogP contribution in [0.1, 0.15) is 12.5 Å². The van der Waals surface area contributed by atoms with Gasteiger partial charge in [0.05, 0.1) is 6.54 Å². The van der Waals surface area contributed by atoms with Crippen molar-refractivity contribution < 1.29 is 4.74 Å². The zero-order valence-electron chi connectivity index (χ0n) is 16.9. The molecule has 1 aliphatic heterocycles. The summed E-state index contributed by atoms with van der Waals surface area (Å²) in [7, 11) is 1.66. The molecular formula is C21H24N6O2. The maximum Gasteiger partial charge on any atom is 0.306 e. The van der Waals surface area contributed by atoms with Gasteiger partial charge in [-0.1, -0.05) is 18.1 Å². The molecule has 1 saturated heterocycles. The van der Waals surface area contributed by atoms with Crippen molar-refractivity contribution >= 4 is 17.1 Å². The van der Waals surface area contributed by atoms with E-state index in [1.165, 1.54) is 4.57 Å². The molecule has 1 aliphatic rings. The molecule has 3 heterocycles. The molecule has 8 nitrogen and oxygen atoms in total. The average Bonchev–Trinajstić information content (AvgIpc) is 3.09. The fraction of sp³-hybridized carbons (Fsp3) is 0.381. The molecule has 0 radical (unpaired) electrons. The van der Waals surface area contributed by atoms with Crippen molar-refractivity contribution in [3.8, 4) is 23.6 Å². The lowest BCUT2D eigenvalue weighted by molar-refractivity contribution is 0.415. The number of imidazole rings is 1. The van der Waals surface area contributed by atoms with Crippen LogP contribution in [0, 0.1) is 18.8 Å².